The highest BCUT2D eigenvalue weighted by molar-refractivity contribution is 5.74. The number of unbranched alkanes of at least 4 members (excludes halogenated alkanes) is 34. The highest BCUT2D eigenvalue weighted by Gasteiger charge is 2.50. The first-order valence-corrected chi connectivity index (χ1v) is 30.3. The molecule has 1 aliphatic rings. The van der Waals surface area contributed by atoms with Gasteiger partial charge in [0.2, 0.25) is 0 Å². The van der Waals surface area contributed by atoms with Crippen molar-refractivity contribution in [1.29, 1.82) is 0 Å². The van der Waals surface area contributed by atoms with Gasteiger partial charge in [0.15, 0.2) is 24.6 Å². The Morgan fingerprint density at radius 2 is 0.822 bits per heavy atom. The molecule has 12 nitrogen and oxygen atoms in total. The Kier molecular flexibility index (Phi) is 46.8. The molecule has 0 spiro atoms. The number of esters is 3. The topological polar surface area (TPSA) is 175 Å². The number of hydrogen-bond acceptors (Lipinski definition) is 11. The molecular weight excluding hydrogens is 925 g/mol. The van der Waals surface area contributed by atoms with Crippen LogP contribution in [0.4, 0.5) is 0 Å². The largest absolute Gasteiger partial charge is 0.479 e. The number of ether oxygens (including phenoxy) is 5. The predicted molar refractivity (Wildman–Crippen MR) is 294 cm³/mol. The molecule has 6 unspecified atom stereocenters. The second-order valence-electron chi connectivity index (χ2n) is 21.0. The molecule has 73 heavy (non-hydrogen) atoms. The van der Waals surface area contributed by atoms with Gasteiger partial charge in [-0.1, -0.05) is 244 Å². The number of rotatable bonds is 52. The number of allylic oxidation sites excluding steroid dienone is 4. The van der Waals surface area contributed by atoms with Gasteiger partial charge in [-0.25, -0.2) is 4.79 Å². The van der Waals surface area contributed by atoms with Crippen LogP contribution in [0, 0.1) is 0 Å². The second kappa shape index (κ2) is 50.0. The summed E-state index contributed by atoms with van der Waals surface area (Å²) in [6.07, 6.45) is 44.5. The number of aliphatic carboxylic acids is 1. The van der Waals surface area contributed by atoms with Gasteiger partial charge in [-0.3, -0.25) is 14.4 Å². The number of hydrogen-bond donors (Lipinski definition) is 3. The molecule has 1 fully saturated rings. The maximum Gasteiger partial charge on any atom is 0.335 e. The molecule has 1 heterocycles. The number of carboxylic acid groups (broad SMARTS) is 1. The zero-order valence-electron chi connectivity index (χ0n) is 46.9. The third-order valence-corrected chi connectivity index (χ3v) is 14.0. The van der Waals surface area contributed by atoms with Crippen molar-refractivity contribution >= 4 is 23.9 Å². The summed E-state index contributed by atoms with van der Waals surface area (Å²) in [5.41, 5.74) is 0. The van der Waals surface area contributed by atoms with E-state index in [4.69, 9.17) is 23.7 Å². The van der Waals surface area contributed by atoms with Crippen LogP contribution in [0.25, 0.3) is 0 Å². The molecule has 0 aromatic rings. The Labute approximate surface area is 445 Å². The standard InChI is InChI=1S/C61H110O12/c1-4-7-10-13-16-19-21-23-25-26-27-28-30-31-33-36-38-41-44-47-53(62)69-50-52(71-54(63)48-45-42-40-37-34-32-29-24-22-20-17-14-11-8-5-2)51-70-61-59(57(66)56(65)58(73-61)60(67)68)72-55(64)49-46-43-39-35-18-15-12-9-6-3/h16,19,23,25,52,56-59,61,65-66H,4-15,17-18,20-22,24,26-51H2,1-3H3,(H,67,68)/b19-16-,25-23-. The summed E-state index contributed by atoms with van der Waals surface area (Å²) in [7, 11) is 0. The van der Waals surface area contributed by atoms with Gasteiger partial charge in [-0.2, -0.15) is 0 Å². The van der Waals surface area contributed by atoms with Crippen LogP contribution in [0.15, 0.2) is 24.3 Å². The Morgan fingerprint density at radius 1 is 0.452 bits per heavy atom. The first-order valence-electron chi connectivity index (χ1n) is 30.3. The third kappa shape index (κ3) is 40.2. The van der Waals surface area contributed by atoms with Crippen LogP contribution in [-0.2, 0) is 42.9 Å². The molecule has 1 saturated heterocycles. The fraction of sp³-hybridized carbons (Fsp3) is 0.869. The van der Waals surface area contributed by atoms with Gasteiger partial charge in [0.25, 0.3) is 0 Å². The van der Waals surface area contributed by atoms with Gasteiger partial charge in [-0.15, -0.1) is 0 Å². The first kappa shape index (κ1) is 68.2. The molecule has 0 aliphatic carbocycles. The van der Waals surface area contributed by atoms with Crippen LogP contribution in [0.2, 0.25) is 0 Å². The van der Waals surface area contributed by atoms with Crippen molar-refractivity contribution in [2.75, 3.05) is 13.2 Å². The molecule has 0 aromatic carbocycles. The van der Waals surface area contributed by atoms with Gasteiger partial charge in [0.05, 0.1) is 6.61 Å². The Morgan fingerprint density at radius 3 is 1.26 bits per heavy atom. The normalized spacial score (nSPS) is 18.4. The second-order valence-corrected chi connectivity index (χ2v) is 21.0. The monoisotopic (exact) mass is 1030 g/mol. The van der Waals surface area contributed by atoms with E-state index in [0.29, 0.717) is 19.3 Å². The van der Waals surface area contributed by atoms with E-state index in [9.17, 15) is 34.5 Å². The van der Waals surface area contributed by atoms with Crippen molar-refractivity contribution in [2.45, 2.75) is 327 Å². The Hall–Kier alpha value is -2.80. The molecular formula is C61H110O12. The van der Waals surface area contributed by atoms with Crippen molar-refractivity contribution in [3.8, 4) is 0 Å². The lowest BCUT2D eigenvalue weighted by atomic mass is 9.98. The fourth-order valence-corrected chi connectivity index (χ4v) is 9.34. The van der Waals surface area contributed by atoms with E-state index in [1.54, 1.807) is 0 Å². The average Bonchev–Trinajstić information content (AvgIpc) is 3.37. The molecule has 0 aromatic heterocycles. The minimum Gasteiger partial charge on any atom is -0.479 e. The smallest absolute Gasteiger partial charge is 0.335 e. The van der Waals surface area contributed by atoms with Crippen LogP contribution < -0.4 is 0 Å². The highest BCUT2D eigenvalue weighted by Crippen LogP contribution is 2.27. The maximum atomic E-state index is 13.1. The zero-order chi connectivity index (χ0) is 53.3. The first-order chi connectivity index (χ1) is 35.6. The zero-order valence-corrected chi connectivity index (χ0v) is 46.9. The van der Waals surface area contributed by atoms with Gasteiger partial charge in [-0.05, 0) is 51.4 Å². The van der Waals surface area contributed by atoms with Gasteiger partial charge in [0.1, 0.15) is 18.8 Å². The summed E-state index contributed by atoms with van der Waals surface area (Å²) in [5, 5.41) is 31.4. The number of aliphatic hydroxyl groups is 2. The lowest BCUT2D eigenvalue weighted by Crippen LogP contribution is -2.61. The molecule has 12 heteroatoms. The molecule has 0 radical (unpaired) electrons. The molecule has 6 atom stereocenters. The van der Waals surface area contributed by atoms with Crippen molar-refractivity contribution in [1.82, 2.24) is 0 Å². The van der Waals surface area contributed by atoms with E-state index in [1.807, 2.05) is 0 Å². The van der Waals surface area contributed by atoms with Crippen molar-refractivity contribution in [2.24, 2.45) is 0 Å². The van der Waals surface area contributed by atoms with Crippen molar-refractivity contribution < 1.29 is 58.2 Å². The van der Waals surface area contributed by atoms with Crippen LogP contribution in [0.5, 0.6) is 0 Å². The average molecular weight is 1040 g/mol. The maximum absolute atomic E-state index is 13.1. The highest BCUT2D eigenvalue weighted by atomic mass is 16.7. The van der Waals surface area contributed by atoms with Crippen molar-refractivity contribution in [3.05, 3.63) is 24.3 Å². The number of carbonyl (C=O) groups is 4. The summed E-state index contributed by atoms with van der Waals surface area (Å²) in [5.74, 6) is -3.09. The predicted octanol–water partition coefficient (Wildman–Crippen LogP) is 15.5. The number of carboxylic acids is 1. The summed E-state index contributed by atoms with van der Waals surface area (Å²) in [4.78, 5) is 51.0. The third-order valence-electron chi connectivity index (χ3n) is 14.0. The molecule has 3 N–H and O–H groups in total. The van der Waals surface area contributed by atoms with Gasteiger partial charge in [0, 0.05) is 19.3 Å². The van der Waals surface area contributed by atoms with E-state index in [1.165, 1.54) is 154 Å². The molecule has 0 amide bonds. The minimum absolute atomic E-state index is 0.0654. The van der Waals surface area contributed by atoms with Crippen LogP contribution in [0.1, 0.15) is 290 Å². The number of aliphatic hydroxyl groups excluding tert-OH is 2. The molecule has 0 bridgehead atoms. The van der Waals surface area contributed by atoms with Crippen LogP contribution in [0.3, 0.4) is 0 Å². The summed E-state index contributed by atoms with van der Waals surface area (Å²) >= 11 is 0. The lowest BCUT2D eigenvalue weighted by Gasteiger charge is -2.40. The Balaban J connectivity index is 2.63. The van der Waals surface area contributed by atoms with E-state index >= 15 is 0 Å². The van der Waals surface area contributed by atoms with E-state index in [0.717, 1.165) is 77.0 Å². The summed E-state index contributed by atoms with van der Waals surface area (Å²) in [6, 6.07) is 0. The fourth-order valence-electron chi connectivity index (χ4n) is 9.34. The van der Waals surface area contributed by atoms with Gasteiger partial charge < -0.3 is 39.0 Å². The van der Waals surface area contributed by atoms with Crippen LogP contribution >= 0.6 is 0 Å². The lowest BCUT2D eigenvalue weighted by molar-refractivity contribution is -0.301. The number of carbonyl (C=O) groups excluding carboxylic acids is 3. The summed E-state index contributed by atoms with van der Waals surface area (Å²) < 4.78 is 28.4. The Bertz CT molecular complexity index is 1370. The molecule has 426 valence electrons. The SMILES string of the molecule is CCCCC/C=C\C/C=C\CCCCCCCCCCCC(=O)OCC(COC1OC(C(=O)O)C(O)C(O)C1OC(=O)CCCCCCCCCCC)OC(=O)CCCCCCCCCCCCCCCCC. The molecule has 1 rings (SSSR count). The molecule has 1 aliphatic heterocycles. The van der Waals surface area contributed by atoms with E-state index < -0.39 is 67.3 Å². The van der Waals surface area contributed by atoms with E-state index in [2.05, 4.69) is 45.1 Å². The minimum atomic E-state index is -1.90. The molecule has 0 saturated carbocycles. The van der Waals surface area contributed by atoms with Crippen molar-refractivity contribution in [3.63, 3.8) is 0 Å². The quantitative estimate of drug-likeness (QED) is 0.0228. The van der Waals surface area contributed by atoms with Crippen LogP contribution in [-0.4, -0.2) is 89.2 Å². The van der Waals surface area contributed by atoms with E-state index in [-0.39, 0.29) is 25.9 Å². The van der Waals surface area contributed by atoms with Gasteiger partial charge >= 0.3 is 23.9 Å². The summed E-state index contributed by atoms with van der Waals surface area (Å²) in [6.45, 7) is 5.96.